The van der Waals surface area contributed by atoms with Crippen molar-refractivity contribution in [3.8, 4) is 23.3 Å². The summed E-state index contributed by atoms with van der Waals surface area (Å²) >= 11 is 0. The lowest BCUT2D eigenvalue weighted by Crippen LogP contribution is -2.33. The summed E-state index contributed by atoms with van der Waals surface area (Å²) in [5.74, 6) is -2.87. The average molecular weight is 680 g/mol. The second-order valence-electron chi connectivity index (χ2n) is 11.7. The van der Waals surface area contributed by atoms with E-state index in [-0.39, 0.29) is 40.0 Å². The van der Waals surface area contributed by atoms with E-state index in [1.807, 2.05) is 0 Å². The summed E-state index contributed by atoms with van der Waals surface area (Å²) in [6.07, 6.45) is 0. The molecule has 6 aromatic rings. The fourth-order valence-electron chi connectivity index (χ4n) is 6.22. The summed E-state index contributed by atoms with van der Waals surface area (Å²) in [6, 6.07) is 33.6. The van der Waals surface area contributed by atoms with Gasteiger partial charge in [0.05, 0.1) is 11.1 Å². The van der Waals surface area contributed by atoms with Crippen molar-refractivity contribution >= 4 is 35.1 Å². The van der Waals surface area contributed by atoms with Crippen LogP contribution < -0.4 is 20.2 Å². The zero-order chi connectivity index (χ0) is 35.3. The van der Waals surface area contributed by atoms with Crippen molar-refractivity contribution in [2.45, 2.75) is 5.60 Å². The number of aromatic nitrogens is 1. The molecule has 5 aromatic carbocycles. The predicted molar refractivity (Wildman–Crippen MR) is 182 cm³/mol. The molecule has 0 saturated heterocycles. The number of nitrogens with zero attached hydrogens (tertiary/aromatic N) is 1. The molecule has 250 valence electrons. The van der Waals surface area contributed by atoms with Crippen molar-refractivity contribution in [3.05, 3.63) is 166 Å². The molecule has 0 bridgehead atoms. The molecule has 12 nitrogen and oxygen atoms in total. The number of amides is 2. The number of hydrogen-bond donors (Lipinski definition) is 4. The topological polar surface area (TPSA) is 165 Å². The second-order valence-corrected chi connectivity index (χ2v) is 11.7. The summed E-state index contributed by atoms with van der Waals surface area (Å²) in [6.45, 7) is 0. The summed E-state index contributed by atoms with van der Waals surface area (Å²) in [7, 11) is 0. The fourth-order valence-corrected chi connectivity index (χ4v) is 6.22. The van der Waals surface area contributed by atoms with Gasteiger partial charge in [0.2, 0.25) is 11.8 Å². The molecule has 0 aliphatic carbocycles. The third kappa shape index (κ3) is 5.27. The molecule has 0 radical (unpaired) electrons. The van der Waals surface area contributed by atoms with Crippen LogP contribution in [0.2, 0.25) is 0 Å². The Labute approximate surface area is 289 Å². The highest BCUT2D eigenvalue weighted by molar-refractivity contribution is 6.05. The molecule has 3 heterocycles. The van der Waals surface area contributed by atoms with Crippen molar-refractivity contribution < 1.29 is 43.7 Å². The largest absolute Gasteiger partial charge is 0.492 e. The van der Waals surface area contributed by atoms with Gasteiger partial charge in [-0.1, -0.05) is 36.4 Å². The zero-order valence-corrected chi connectivity index (χ0v) is 26.3. The predicted octanol–water partition coefficient (Wildman–Crippen LogP) is 6.24. The van der Waals surface area contributed by atoms with E-state index in [2.05, 4.69) is 10.6 Å². The summed E-state index contributed by atoms with van der Waals surface area (Å²) < 4.78 is 13.2. The van der Waals surface area contributed by atoms with Gasteiger partial charge in [-0.05, 0) is 66.7 Å². The number of fused-ring (bicyclic) bond motifs is 6. The minimum Gasteiger partial charge on any atom is -0.492 e. The average Bonchev–Trinajstić information content (AvgIpc) is 3.62. The van der Waals surface area contributed by atoms with Crippen molar-refractivity contribution in [2.24, 2.45) is 0 Å². The van der Waals surface area contributed by atoms with E-state index in [1.54, 1.807) is 97.1 Å². The second kappa shape index (κ2) is 12.0. The molecule has 4 N–H and O–H groups in total. The third-order valence-corrected chi connectivity index (χ3v) is 8.60. The Kier molecular flexibility index (Phi) is 7.26. The van der Waals surface area contributed by atoms with E-state index in [9.17, 15) is 29.4 Å². The number of anilines is 2. The van der Waals surface area contributed by atoms with E-state index < -0.39 is 29.3 Å². The quantitative estimate of drug-likeness (QED) is 0.149. The van der Waals surface area contributed by atoms with Gasteiger partial charge in [0.25, 0.3) is 11.8 Å². The molecular formula is C39H25N3O9. The smallest absolute Gasteiger partial charge is 0.363 e. The molecule has 0 saturated carbocycles. The number of carbonyl (C=O) groups is 4. The Morgan fingerprint density at radius 2 is 1.14 bits per heavy atom. The summed E-state index contributed by atoms with van der Waals surface area (Å²) in [5.41, 5.74) is 1.24. The van der Waals surface area contributed by atoms with Gasteiger partial charge < -0.3 is 35.2 Å². The normalized spacial score (nSPS) is 13.2. The maximum atomic E-state index is 13.6. The lowest BCUT2D eigenvalue weighted by molar-refractivity contribution is 0.0224. The number of aromatic hydroxyl groups is 2. The lowest BCUT2D eigenvalue weighted by atomic mass is 9.77. The summed E-state index contributed by atoms with van der Waals surface area (Å²) in [4.78, 5) is 58.1. The molecule has 2 aliphatic rings. The lowest BCUT2D eigenvalue weighted by Gasteiger charge is -2.37. The van der Waals surface area contributed by atoms with Crippen molar-refractivity contribution in [2.75, 3.05) is 10.6 Å². The Bertz CT molecular complexity index is 2280. The molecule has 2 aliphatic heterocycles. The van der Waals surface area contributed by atoms with Gasteiger partial charge in [0.15, 0.2) is 5.60 Å². The number of rotatable bonds is 6. The minimum atomic E-state index is -1.65. The Balaban J connectivity index is 1.23. The van der Waals surface area contributed by atoms with Crippen LogP contribution >= 0.6 is 0 Å². The van der Waals surface area contributed by atoms with E-state index >= 15 is 0 Å². The first-order valence-corrected chi connectivity index (χ1v) is 15.6. The zero-order valence-electron chi connectivity index (χ0n) is 26.3. The van der Waals surface area contributed by atoms with Crippen LogP contribution in [0.5, 0.6) is 23.3 Å². The molecule has 0 fully saturated rings. The van der Waals surface area contributed by atoms with Gasteiger partial charge in [-0.2, -0.15) is 0 Å². The number of carbonyl (C=O) groups excluding carboxylic acids is 4. The van der Waals surface area contributed by atoms with Crippen LogP contribution in [0.15, 0.2) is 127 Å². The van der Waals surface area contributed by atoms with E-state index in [0.717, 1.165) is 12.1 Å². The van der Waals surface area contributed by atoms with Crippen LogP contribution in [0.4, 0.5) is 11.4 Å². The number of esters is 1. The van der Waals surface area contributed by atoms with E-state index in [0.29, 0.717) is 38.4 Å². The van der Waals surface area contributed by atoms with Crippen LogP contribution in [0.1, 0.15) is 58.1 Å². The maximum Gasteiger partial charge on any atom is 0.363 e. The van der Waals surface area contributed by atoms with Crippen LogP contribution in [0.25, 0.3) is 0 Å². The maximum absolute atomic E-state index is 13.6. The Morgan fingerprint density at radius 1 is 0.608 bits per heavy atom. The molecule has 12 heteroatoms. The van der Waals surface area contributed by atoms with Crippen LogP contribution in [0, 0.1) is 0 Å². The van der Waals surface area contributed by atoms with Crippen molar-refractivity contribution in [1.82, 2.24) is 4.73 Å². The standard InChI is InChI=1S/C39H25N3O9/c43-33-17-18-34(44)42(33)51-37(47)24-11-14-27-30(19-24)39(50-38(27)48)28-15-12-25(40-35(45)22-7-3-1-4-8-22)20-31(28)49-32-21-26(13-16-29(32)39)41-36(46)23-9-5-2-6-10-23/h1-21,43-44H,(H,40,45)(H,41,46). The number of ether oxygens (including phenoxy) is 2. The van der Waals surface area contributed by atoms with Crippen LogP contribution in [0.3, 0.4) is 0 Å². The minimum absolute atomic E-state index is 0.0213. The molecule has 0 unspecified atom stereocenters. The number of benzene rings is 5. The van der Waals surface area contributed by atoms with Gasteiger partial charge >= 0.3 is 11.9 Å². The SMILES string of the molecule is O=C(Nc1ccc2c(c1)Oc1cc(NC(=O)c3ccccc3)ccc1C21OC(=O)c2ccc(C(=O)On3c(O)ccc3O)cc21)c1ccccc1. The van der Waals surface area contributed by atoms with Crippen LogP contribution in [-0.2, 0) is 10.3 Å². The van der Waals surface area contributed by atoms with Gasteiger partial charge in [-0.25, -0.2) is 9.59 Å². The molecule has 51 heavy (non-hydrogen) atoms. The van der Waals surface area contributed by atoms with Gasteiger partial charge in [-0.3, -0.25) is 9.59 Å². The molecule has 8 rings (SSSR count). The first-order valence-electron chi connectivity index (χ1n) is 15.6. The number of hydrogen-bond acceptors (Lipinski definition) is 9. The van der Waals surface area contributed by atoms with E-state index in [4.69, 9.17) is 14.3 Å². The molecular weight excluding hydrogens is 654 g/mol. The van der Waals surface area contributed by atoms with E-state index in [1.165, 1.54) is 18.2 Å². The van der Waals surface area contributed by atoms with Gasteiger partial charge in [-0.15, -0.1) is 4.73 Å². The molecule has 2 amide bonds. The highest BCUT2D eigenvalue weighted by Crippen LogP contribution is 2.57. The van der Waals surface area contributed by atoms with Crippen LogP contribution in [-0.4, -0.2) is 38.7 Å². The highest BCUT2D eigenvalue weighted by atomic mass is 16.7. The highest BCUT2D eigenvalue weighted by Gasteiger charge is 2.54. The van der Waals surface area contributed by atoms with Crippen molar-refractivity contribution in [1.29, 1.82) is 0 Å². The molecule has 1 aromatic heterocycles. The monoisotopic (exact) mass is 679 g/mol. The Morgan fingerprint density at radius 3 is 1.67 bits per heavy atom. The Hall–Kier alpha value is -7.34. The fraction of sp³-hybridized carbons (Fsp3) is 0.0256. The molecule has 0 atom stereocenters. The first-order chi connectivity index (χ1) is 24.7. The van der Waals surface area contributed by atoms with Gasteiger partial charge in [0, 0.05) is 63.5 Å². The first kappa shape index (κ1) is 31.0. The summed E-state index contributed by atoms with van der Waals surface area (Å²) in [5, 5.41) is 25.7. The van der Waals surface area contributed by atoms with Gasteiger partial charge in [0.1, 0.15) is 11.5 Å². The third-order valence-electron chi connectivity index (χ3n) is 8.60. The molecule has 1 spiro atoms. The number of nitrogens with one attached hydrogen (secondary N) is 2. The van der Waals surface area contributed by atoms with Crippen molar-refractivity contribution in [3.63, 3.8) is 0 Å².